The molecular formula is C24H23NO5. The summed E-state index contributed by atoms with van der Waals surface area (Å²) in [5.74, 6) is 0.735. The normalized spacial score (nSPS) is 11.4. The highest BCUT2D eigenvalue weighted by Gasteiger charge is 2.16. The molecule has 0 saturated carbocycles. The van der Waals surface area contributed by atoms with Crippen molar-refractivity contribution in [2.75, 3.05) is 0 Å². The Balaban J connectivity index is 1.44. The van der Waals surface area contributed by atoms with Crippen LogP contribution in [0.15, 0.2) is 73.1 Å². The second kappa shape index (κ2) is 10.2. The molecule has 154 valence electrons. The van der Waals surface area contributed by atoms with E-state index in [1.54, 1.807) is 43.6 Å². The van der Waals surface area contributed by atoms with Crippen molar-refractivity contribution >= 4 is 11.8 Å². The van der Waals surface area contributed by atoms with Gasteiger partial charge in [0.05, 0.1) is 0 Å². The molecule has 0 aliphatic heterocycles. The average Bonchev–Trinajstić information content (AvgIpc) is 2.77. The molecule has 0 fully saturated rings. The summed E-state index contributed by atoms with van der Waals surface area (Å²) in [4.78, 5) is 27.5. The van der Waals surface area contributed by atoms with Gasteiger partial charge in [0.1, 0.15) is 24.7 Å². The maximum atomic E-state index is 12.2. The molecule has 1 atom stereocenters. The zero-order chi connectivity index (χ0) is 21.3. The lowest BCUT2D eigenvalue weighted by molar-refractivity contribution is -0.152. The van der Waals surface area contributed by atoms with E-state index in [1.165, 1.54) is 6.92 Å². The Hall–Kier alpha value is -3.67. The summed E-state index contributed by atoms with van der Waals surface area (Å²) in [5, 5.41) is 0. The van der Waals surface area contributed by atoms with E-state index >= 15 is 0 Å². The van der Waals surface area contributed by atoms with Crippen LogP contribution in [-0.2, 0) is 22.7 Å². The maximum absolute atomic E-state index is 12.2. The summed E-state index contributed by atoms with van der Waals surface area (Å²) in [6.07, 6.45) is 2.68. The maximum Gasteiger partial charge on any atom is 0.347 e. The second-order valence-electron chi connectivity index (χ2n) is 6.74. The number of nitrogens with zero attached hydrogens (tertiary/aromatic N) is 1. The van der Waals surface area contributed by atoms with Crippen LogP contribution in [0.25, 0.3) is 0 Å². The second-order valence-corrected chi connectivity index (χ2v) is 6.74. The average molecular weight is 405 g/mol. The molecule has 6 heteroatoms. The van der Waals surface area contributed by atoms with E-state index in [4.69, 9.17) is 14.2 Å². The molecular weight excluding hydrogens is 382 g/mol. The number of carbonyl (C=O) groups excluding carboxylic acids is 2. The Morgan fingerprint density at radius 2 is 1.43 bits per heavy atom. The van der Waals surface area contributed by atoms with Crippen molar-refractivity contribution in [3.05, 3.63) is 89.7 Å². The molecule has 1 aromatic heterocycles. The molecule has 0 aliphatic rings. The number of rotatable bonds is 9. The van der Waals surface area contributed by atoms with Gasteiger partial charge in [-0.15, -0.1) is 0 Å². The monoisotopic (exact) mass is 405 g/mol. The van der Waals surface area contributed by atoms with Crippen molar-refractivity contribution in [1.82, 2.24) is 4.98 Å². The summed E-state index contributed by atoms with van der Waals surface area (Å²) in [6, 6.07) is 17.8. The predicted octanol–water partition coefficient (Wildman–Crippen LogP) is 4.37. The highest BCUT2D eigenvalue weighted by atomic mass is 16.6. The number of carbonyl (C=O) groups is 2. The highest BCUT2D eigenvalue weighted by molar-refractivity contribution is 5.94. The van der Waals surface area contributed by atoms with Crippen molar-refractivity contribution in [2.24, 2.45) is 0 Å². The smallest absolute Gasteiger partial charge is 0.347 e. The lowest BCUT2D eigenvalue weighted by Crippen LogP contribution is -2.26. The Labute approximate surface area is 175 Å². The minimum atomic E-state index is -0.767. The highest BCUT2D eigenvalue weighted by Crippen LogP contribution is 2.17. The SMILES string of the molecule is CC(=O)c1ccc(OC(C)C(=O)OCc2ccc(OCc3ccncc3)cc2)cc1. The fourth-order valence-corrected chi connectivity index (χ4v) is 2.62. The summed E-state index contributed by atoms with van der Waals surface area (Å²) < 4.78 is 16.6. The predicted molar refractivity (Wildman–Crippen MR) is 111 cm³/mol. The van der Waals surface area contributed by atoms with Crippen molar-refractivity contribution in [1.29, 1.82) is 0 Å². The van der Waals surface area contributed by atoms with Crippen molar-refractivity contribution in [2.45, 2.75) is 33.2 Å². The molecule has 1 unspecified atom stereocenters. The zero-order valence-corrected chi connectivity index (χ0v) is 16.9. The van der Waals surface area contributed by atoms with Crippen LogP contribution in [0.2, 0.25) is 0 Å². The Morgan fingerprint density at radius 3 is 2.07 bits per heavy atom. The van der Waals surface area contributed by atoms with Gasteiger partial charge >= 0.3 is 5.97 Å². The fourth-order valence-electron chi connectivity index (χ4n) is 2.62. The third kappa shape index (κ3) is 6.17. The summed E-state index contributed by atoms with van der Waals surface area (Å²) in [5.41, 5.74) is 2.47. The number of benzene rings is 2. The third-order valence-corrected chi connectivity index (χ3v) is 4.36. The van der Waals surface area contributed by atoms with Gasteiger partial charge in [0.2, 0.25) is 0 Å². The first kappa shape index (κ1) is 21.0. The lowest BCUT2D eigenvalue weighted by Gasteiger charge is -2.14. The number of ketones is 1. The van der Waals surface area contributed by atoms with Crippen molar-refractivity contribution in [3.63, 3.8) is 0 Å². The van der Waals surface area contributed by atoms with Crippen LogP contribution in [0.5, 0.6) is 11.5 Å². The largest absolute Gasteiger partial charge is 0.489 e. The third-order valence-electron chi connectivity index (χ3n) is 4.36. The number of Topliss-reactive ketones (excluding diaryl/α,β-unsaturated/α-hetero) is 1. The van der Waals surface area contributed by atoms with Gasteiger partial charge in [0.15, 0.2) is 11.9 Å². The topological polar surface area (TPSA) is 74.7 Å². The number of hydrogen-bond acceptors (Lipinski definition) is 6. The quantitative estimate of drug-likeness (QED) is 0.389. The summed E-state index contributed by atoms with van der Waals surface area (Å²) in [6.45, 7) is 3.71. The number of ether oxygens (including phenoxy) is 3. The van der Waals surface area contributed by atoms with Crippen LogP contribution in [0, 0.1) is 0 Å². The van der Waals surface area contributed by atoms with Gasteiger partial charge in [-0.25, -0.2) is 4.79 Å². The molecule has 30 heavy (non-hydrogen) atoms. The first-order valence-electron chi connectivity index (χ1n) is 9.56. The summed E-state index contributed by atoms with van der Waals surface area (Å²) in [7, 11) is 0. The van der Waals surface area contributed by atoms with E-state index in [9.17, 15) is 9.59 Å². The van der Waals surface area contributed by atoms with Gasteiger partial charge in [-0.2, -0.15) is 0 Å². The molecule has 0 aliphatic carbocycles. The molecule has 3 aromatic rings. The molecule has 3 rings (SSSR count). The minimum Gasteiger partial charge on any atom is -0.489 e. The number of pyridine rings is 1. The van der Waals surface area contributed by atoms with E-state index in [2.05, 4.69) is 4.98 Å². The Morgan fingerprint density at radius 1 is 0.833 bits per heavy atom. The molecule has 0 amide bonds. The standard InChI is InChI=1S/C24H23NO5/c1-17(26)21-5-9-23(10-6-21)30-18(2)24(27)29-16-19-3-7-22(8-4-19)28-15-20-11-13-25-14-12-20/h3-14,18H,15-16H2,1-2H3. The molecule has 1 heterocycles. The summed E-state index contributed by atoms with van der Waals surface area (Å²) >= 11 is 0. The first-order valence-corrected chi connectivity index (χ1v) is 9.56. The number of esters is 1. The first-order chi connectivity index (χ1) is 14.5. The molecule has 0 bridgehead atoms. The van der Waals surface area contributed by atoms with Crippen molar-refractivity contribution in [3.8, 4) is 11.5 Å². The molecule has 2 aromatic carbocycles. The van der Waals surface area contributed by atoms with E-state index in [1.807, 2.05) is 36.4 Å². The fraction of sp³-hybridized carbons (Fsp3) is 0.208. The van der Waals surface area contributed by atoms with E-state index in [0.717, 1.165) is 16.9 Å². The molecule has 6 nitrogen and oxygen atoms in total. The van der Waals surface area contributed by atoms with Crippen LogP contribution in [0.1, 0.15) is 35.3 Å². The van der Waals surface area contributed by atoms with Gasteiger partial charge < -0.3 is 14.2 Å². The van der Waals surface area contributed by atoms with Gasteiger partial charge in [-0.05, 0) is 73.5 Å². The van der Waals surface area contributed by atoms with E-state index in [0.29, 0.717) is 17.9 Å². The lowest BCUT2D eigenvalue weighted by atomic mass is 10.1. The molecule has 0 spiro atoms. The Kier molecular flexibility index (Phi) is 7.16. The van der Waals surface area contributed by atoms with Crippen LogP contribution in [0.3, 0.4) is 0 Å². The molecule has 0 saturated heterocycles. The van der Waals surface area contributed by atoms with Gasteiger partial charge in [-0.3, -0.25) is 9.78 Å². The van der Waals surface area contributed by atoms with Crippen LogP contribution in [0.4, 0.5) is 0 Å². The van der Waals surface area contributed by atoms with Crippen LogP contribution >= 0.6 is 0 Å². The number of hydrogen-bond donors (Lipinski definition) is 0. The minimum absolute atomic E-state index is 0.0252. The van der Waals surface area contributed by atoms with Crippen LogP contribution in [-0.4, -0.2) is 22.8 Å². The van der Waals surface area contributed by atoms with Crippen LogP contribution < -0.4 is 9.47 Å². The molecule has 0 N–H and O–H groups in total. The number of aromatic nitrogens is 1. The van der Waals surface area contributed by atoms with Gasteiger partial charge in [0.25, 0.3) is 0 Å². The van der Waals surface area contributed by atoms with Crippen molar-refractivity contribution < 1.29 is 23.8 Å². The zero-order valence-electron chi connectivity index (χ0n) is 16.9. The Bertz CT molecular complexity index is 969. The van der Waals surface area contributed by atoms with E-state index < -0.39 is 12.1 Å². The molecule has 0 radical (unpaired) electrons. The van der Waals surface area contributed by atoms with Gasteiger partial charge in [0, 0.05) is 18.0 Å². The van der Waals surface area contributed by atoms with E-state index in [-0.39, 0.29) is 12.4 Å². The van der Waals surface area contributed by atoms with Gasteiger partial charge in [-0.1, -0.05) is 12.1 Å².